The lowest BCUT2D eigenvalue weighted by Crippen LogP contribution is -2.54. The summed E-state index contributed by atoms with van der Waals surface area (Å²) in [5.74, 6) is -3.89. The minimum atomic E-state index is -4.30. The van der Waals surface area contributed by atoms with Crippen molar-refractivity contribution in [2.45, 2.75) is 37.9 Å². The molecule has 1 saturated carbocycles. The molecule has 0 aromatic heterocycles. The molecule has 0 spiro atoms. The van der Waals surface area contributed by atoms with Crippen LogP contribution in [0, 0.1) is 11.8 Å². The van der Waals surface area contributed by atoms with Gasteiger partial charge in [0.1, 0.15) is 0 Å². The van der Waals surface area contributed by atoms with E-state index >= 15 is 0 Å². The van der Waals surface area contributed by atoms with Gasteiger partial charge < -0.3 is 14.7 Å². The molecule has 1 aliphatic heterocycles. The highest BCUT2D eigenvalue weighted by molar-refractivity contribution is 5.85. The van der Waals surface area contributed by atoms with E-state index in [9.17, 15) is 22.8 Å². The van der Waals surface area contributed by atoms with Gasteiger partial charge in [-0.15, -0.1) is 0 Å². The van der Waals surface area contributed by atoms with E-state index < -0.39 is 35.9 Å². The molecule has 8 heteroatoms. The summed E-state index contributed by atoms with van der Waals surface area (Å²) in [6.45, 7) is 0.213. The zero-order chi connectivity index (χ0) is 15.6. The number of hydrogen-bond acceptors (Lipinski definition) is 3. The van der Waals surface area contributed by atoms with Crippen LogP contribution in [0.15, 0.2) is 0 Å². The van der Waals surface area contributed by atoms with E-state index in [2.05, 4.69) is 0 Å². The third-order valence-electron chi connectivity index (χ3n) is 4.18. The summed E-state index contributed by atoms with van der Waals surface area (Å²) in [5.41, 5.74) is 0. The van der Waals surface area contributed by atoms with Crippen molar-refractivity contribution in [3.63, 3.8) is 0 Å². The molecule has 1 aliphatic carbocycles. The molecule has 0 aromatic rings. The van der Waals surface area contributed by atoms with Crippen LogP contribution in [-0.2, 0) is 14.3 Å². The van der Waals surface area contributed by atoms with Gasteiger partial charge >= 0.3 is 12.1 Å². The zero-order valence-corrected chi connectivity index (χ0v) is 11.4. The number of amides is 1. The van der Waals surface area contributed by atoms with Crippen LogP contribution in [0.1, 0.15) is 25.7 Å². The molecular weight excluding hydrogens is 291 g/mol. The van der Waals surface area contributed by atoms with E-state index in [0.717, 1.165) is 4.90 Å². The van der Waals surface area contributed by atoms with Crippen molar-refractivity contribution in [2.24, 2.45) is 11.8 Å². The molecule has 0 bridgehead atoms. The van der Waals surface area contributed by atoms with Crippen LogP contribution in [0.25, 0.3) is 0 Å². The zero-order valence-electron chi connectivity index (χ0n) is 11.4. The number of rotatable bonds is 2. The number of carboxylic acid groups (broad SMARTS) is 1. The van der Waals surface area contributed by atoms with Crippen LogP contribution in [-0.4, -0.2) is 53.9 Å². The third-order valence-corrected chi connectivity index (χ3v) is 4.18. The molecule has 2 aliphatic rings. The topological polar surface area (TPSA) is 66.8 Å². The molecule has 0 aromatic carbocycles. The second-order valence-corrected chi connectivity index (χ2v) is 5.56. The van der Waals surface area contributed by atoms with E-state index in [4.69, 9.17) is 9.84 Å². The van der Waals surface area contributed by atoms with E-state index in [1.54, 1.807) is 0 Å². The number of aliphatic carboxylic acids is 1. The summed E-state index contributed by atoms with van der Waals surface area (Å²) >= 11 is 0. The van der Waals surface area contributed by atoms with Gasteiger partial charge in [-0.3, -0.25) is 4.79 Å². The first-order valence-electron chi connectivity index (χ1n) is 6.98. The summed E-state index contributed by atoms with van der Waals surface area (Å²) in [4.78, 5) is 24.7. The Morgan fingerprint density at radius 1 is 1.24 bits per heavy atom. The van der Waals surface area contributed by atoms with Gasteiger partial charge in [-0.2, -0.15) is 13.2 Å². The van der Waals surface area contributed by atoms with Crippen molar-refractivity contribution < 1.29 is 32.6 Å². The molecule has 21 heavy (non-hydrogen) atoms. The number of carbonyl (C=O) groups excluding carboxylic acids is 1. The second-order valence-electron chi connectivity index (χ2n) is 5.56. The summed E-state index contributed by atoms with van der Waals surface area (Å²) in [6.07, 6.45) is -3.78. The normalized spacial score (nSPS) is 31.0. The van der Waals surface area contributed by atoms with Crippen molar-refractivity contribution >= 4 is 11.9 Å². The average Bonchev–Trinajstić information content (AvgIpc) is 2.45. The molecule has 2 fully saturated rings. The summed E-state index contributed by atoms with van der Waals surface area (Å²) < 4.78 is 43.4. The predicted octanol–water partition coefficient (Wildman–Crippen LogP) is 1.67. The maximum absolute atomic E-state index is 12.8. The second kappa shape index (κ2) is 6.21. The fraction of sp³-hybridized carbons (Fsp3) is 0.846. The van der Waals surface area contributed by atoms with Crippen LogP contribution < -0.4 is 0 Å². The van der Waals surface area contributed by atoms with Gasteiger partial charge in [-0.1, -0.05) is 6.42 Å². The lowest BCUT2D eigenvalue weighted by atomic mass is 9.80. The largest absolute Gasteiger partial charge is 0.480 e. The molecule has 2 rings (SSSR count). The number of carboxylic acids is 1. The fourth-order valence-corrected chi connectivity index (χ4v) is 3.02. The standard InChI is InChI=1S/C13H18F3NO4/c14-13(15,16)9-3-1-2-8(6-9)11(18)17-4-5-21-7-10(17)12(19)20/h8-10H,1-7H2,(H,19,20). The molecule has 3 atom stereocenters. The maximum atomic E-state index is 12.8. The number of hydrogen-bond donors (Lipinski definition) is 1. The van der Waals surface area contributed by atoms with Crippen molar-refractivity contribution in [3.05, 3.63) is 0 Å². The lowest BCUT2D eigenvalue weighted by Gasteiger charge is -2.37. The Kier molecular flexibility index (Phi) is 4.75. The van der Waals surface area contributed by atoms with Crippen molar-refractivity contribution in [1.82, 2.24) is 4.90 Å². The van der Waals surface area contributed by atoms with Crippen molar-refractivity contribution in [3.8, 4) is 0 Å². The summed E-state index contributed by atoms with van der Waals surface area (Å²) in [6, 6.07) is -1.10. The fourth-order valence-electron chi connectivity index (χ4n) is 3.02. The van der Waals surface area contributed by atoms with Gasteiger partial charge in [-0.05, 0) is 19.3 Å². The highest BCUT2D eigenvalue weighted by atomic mass is 19.4. The van der Waals surface area contributed by atoms with Crippen LogP contribution in [0.4, 0.5) is 13.2 Å². The number of alkyl halides is 3. The van der Waals surface area contributed by atoms with Crippen molar-refractivity contribution in [2.75, 3.05) is 19.8 Å². The molecule has 1 amide bonds. The van der Waals surface area contributed by atoms with Crippen LogP contribution >= 0.6 is 0 Å². The predicted molar refractivity (Wildman–Crippen MR) is 65.5 cm³/mol. The Morgan fingerprint density at radius 2 is 1.95 bits per heavy atom. The summed E-state index contributed by atoms with van der Waals surface area (Å²) in [7, 11) is 0. The first-order chi connectivity index (χ1) is 9.80. The Hall–Kier alpha value is -1.31. The Balaban J connectivity index is 2.06. The monoisotopic (exact) mass is 309 g/mol. The third kappa shape index (κ3) is 3.66. The van der Waals surface area contributed by atoms with E-state index in [1.807, 2.05) is 0 Å². The van der Waals surface area contributed by atoms with E-state index in [0.29, 0.717) is 12.8 Å². The number of carbonyl (C=O) groups is 2. The molecule has 120 valence electrons. The molecule has 5 nitrogen and oxygen atoms in total. The van der Waals surface area contributed by atoms with Crippen LogP contribution in [0.2, 0.25) is 0 Å². The minimum absolute atomic E-state index is 0.0404. The number of ether oxygens (including phenoxy) is 1. The highest BCUT2D eigenvalue weighted by Crippen LogP contribution is 2.40. The molecule has 1 saturated heterocycles. The highest BCUT2D eigenvalue weighted by Gasteiger charge is 2.45. The quantitative estimate of drug-likeness (QED) is 0.842. The van der Waals surface area contributed by atoms with Gasteiger partial charge in [0.25, 0.3) is 0 Å². The van der Waals surface area contributed by atoms with Crippen LogP contribution in [0.3, 0.4) is 0 Å². The molecule has 1 heterocycles. The number of halogens is 3. The lowest BCUT2D eigenvalue weighted by molar-refractivity contribution is -0.188. The molecular formula is C13H18F3NO4. The SMILES string of the molecule is O=C(O)C1COCCN1C(=O)C1CCCC(C(F)(F)F)C1. The number of morpholine rings is 1. The Labute approximate surface area is 120 Å². The Bertz CT molecular complexity index is 413. The summed E-state index contributed by atoms with van der Waals surface area (Å²) in [5, 5.41) is 9.08. The van der Waals surface area contributed by atoms with Gasteiger partial charge in [-0.25, -0.2) is 4.79 Å². The van der Waals surface area contributed by atoms with Gasteiger partial charge in [0, 0.05) is 12.5 Å². The average molecular weight is 309 g/mol. The van der Waals surface area contributed by atoms with Gasteiger partial charge in [0.15, 0.2) is 6.04 Å². The van der Waals surface area contributed by atoms with Gasteiger partial charge in [0.05, 0.1) is 19.1 Å². The van der Waals surface area contributed by atoms with Gasteiger partial charge in [0.2, 0.25) is 5.91 Å². The smallest absolute Gasteiger partial charge is 0.391 e. The number of nitrogens with zero attached hydrogens (tertiary/aromatic N) is 1. The maximum Gasteiger partial charge on any atom is 0.391 e. The first kappa shape index (κ1) is 16.1. The molecule has 1 N–H and O–H groups in total. The van der Waals surface area contributed by atoms with Crippen LogP contribution in [0.5, 0.6) is 0 Å². The van der Waals surface area contributed by atoms with Crippen molar-refractivity contribution in [1.29, 1.82) is 0 Å². The van der Waals surface area contributed by atoms with E-state index in [1.165, 1.54) is 0 Å². The Morgan fingerprint density at radius 3 is 2.57 bits per heavy atom. The molecule has 0 radical (unpaired) electrons. The first-order valence-corrected chi connectivity index (χ1v) is 6.98. The minimum Gasteiger partial charge on any atom is -0.480 e. The molecule has 3 unspecified atom stereocenters. The van der Waals surface area contributed by atoms with E-state index in [-0.39, 0.29) is 32.6 Å².